The summed E-state index contributed by atoms with van der Waals surface area (Å²) in [5.74, 6) is -0.186. The summed E-state index contributed by atoms with van der Waals surface area (Å²) in [6, 6.07) is 6.33. The normalized spacial score (nSPS) is 16.7. The van der Waals surface area contributed by atoms with Crippen LogP contribution in [-0.4, -0.2) is 35.6 Å². The summed E-state index contributed by atoms with van der Waals surface area (Å²) in [6.07, 6.45) is -3.67. The van der Waals surface area contributed by atoms with E-state index < -0.39 is 30.0 Å². The summed E-state index contributed by atoms with van der Waals surface area (Å²) in [5, 5.41) is 0.422. The molecule has 0 N–H and O–H groups in total. The maximum atomic E-state index is 13.4. The molecule has 0 radical (unpaired) electrons. The molecule has 1 aliphatic rings. The van der Waals surface area contributed by atoms with Crippen LogP contribution in [0.2, 0.25) is 0 Å². The van der Waals surface area contributed by atoms with Crippen molar-refractivity contribution in [3.8, 4) is 0 Å². The molecule has 0 bridgehead atoms. The number of carbonyl (C=O) groups excluding carboxylic acids is 2. The van der Waals surface area contributed by atoms with Gasteiger partial charge in [-0.05, 0) is 55.5 Å². The third-order valence-corrected chi connectivity index (χ3v) is 7.48. The molecule has 3 rings (SSSR count). The van der Waals surface area contributed by atoms with Gasteiger partial charge in [-0.15, -0.1) is 11.8 Å². The van der Waals surface area contributed by atoms with E-state index in [2.05, 4.69) is 4.98 Å². The second kappa shape index (κ2) is 12.7. The molecular weight excluding hydrogens is 519 g/mol. The number of alkyl halides is 3. The van der Waals surface area contributed by atoms with Crippen molar-refractivity contribution < 1.29 is 37.0 Å². The lowest BCUT2D eigenvalue weighted by Gasteiger charge is -2.31. The molecule has 2 heterocycles. The zero-order valence-electron chi connectivity index (χ0n) is 22.1. The standard InChI is InChI=1S/C28H32F3NO5S/c1-6-18-11-16(4)12-19(7-2)24(18)25-22(37-27(34)35-8-3)13-21(36-26(25)33)17(5)15-38-23-10-9-20(14-32-23)28(29,30)31/h9-12,14,17,21H,6-8,13,15H2,1-5H3. The fourth-order valence-electron chi connectivity index (χ4n) is 4.31. The number of aromatic nitrogens is 1. The third-order valence-electron chi connectivity index (χ3n) is 6.25. The highest BCUT2D eigenvalue weighted by molar-refractivity contribution is 7.99. The molecule has 0 saturated heterocycles. The molecular formula is C28H32F3NO5S. The van der Waals surface area contributed by atoms with E-state index in [4.69, 9.17) is 14.2 Å². The second-order valence-electron chi connectivity index (χ2n) is 9.07. The maximum Gasteiger partial charge on any atom is 0.513 e. The van der Waals surface area contributed by atoms with Crippen molar-refractivity contribution >= 4 is 29.5 Å². The number of rotatable bonds is 9. The molecule has 6 nitrogen and oxygen atoms in total. The molecule has 206 valence electrons. The SMILES string of the molecule is CCOC(=O)OC1=C(c2c(CC)cc(C)cc2CC)C(=O)OC(C(C)CSc2ccc(C(F)(F)F)cn2)C1. The highest BCUT2D eigenvalue weighted by Crippen LogP contribution is 2.38. The zero-order chi connectivity index (χ0) is 28.0. The van der Waals surface area contributed by atoms with Gasteiger partial charge in [0.2, 0.25) is 0 Å². The van der Waals surface area contributed by atoms with E-state index in [9.17, 15) is 22.8 Å². The van der Waals surface area contributed by atoms with Crippen LogP contribution < -0.4 is 0 Å². The first-order chi connectivity index (χ1) is 18.0. The number of esters is 1. The summed E-state index contributed by atoms with van der Waals surface area (Å²) >= 11 is 1.26. The largest absolute Gasteiger partial charge is 0.513 e. The Morgan fingerprint density at radius 2 is 1.84 bits per heavy atom. The number of benzene rings is 1. The van der Waals surface area contributed by atoms with E-state index in [-0.39, 0.29) is 30.3 Å². The minimum Gasteiger partial charge on any atom is -0.458 e. The van der Waals surface area contributed by atoms with Crippen LogP contribution in [0.4, 0.5) is 18.0 Å². The molecule has 38 heavy (non-hydrogen) atoms. The average Bonchev–Trinajstić information content (AvgIpc) is 2.86. The third kappa shape index (κ3) is 7.09. The van der Waals surface area contributed by atoms with Gasteiger partial charge in [-0.2, -0.15) is 13.2 Å². The molecule has 2 unspecified atom stereocenters. The van der Waals surface area contributed by atoms with Crippen molar-refractivity contribution in [2.75, 3.05) is 12.4 Å². The van der Waals surface area contributed by atoms with Crippen LogP contribution in [0.15, 0.2) is 41.2 Å². The molecule has 0 saturated carbocycles. The Balaban J connectivity index is 1.89. The molecule has 10 heteroatoms. The average molecular weight is 552 g/mol. The fourth-order valence-corrected chi connectivity index (χ4v) is 5.25. The first-order valence-corrected chi connectivity index (χ1v) is 13.5. The highest BCUT2D eigenvalue weighted by atomic mass is 32.2. The van der Waals surface area contributed by atoms with Gasteiger partial charge in [0.1, 0.15) is 17.4 Å². The van der Waals surface area contributed by atoms with Gasteiger partial charge >= 0.3 is 18.3 Å². The molecule has 0 fully saturated rings. The van der Waals surface area contributed by atoms with E-state index in [1.54, 1.807) is 6.92 Å². The number of hydrogen-bond acceptors (Lipinski definition) is 7. The Morgan fingerprint density at radius 3 is 2.37 bits per heavy atom. The number of hydrogen-bond donors (Lipinski definition) is 0. The Bertz CT molecular complexity index is 1170. The van der Waals surface area contributed by atoms with Crippen LogP contribution in [-0.2, 0) is 38.0 Å². The lowest BCUT2D eigenvalue weighted by molar-refractivity contribution is -0.146. The lowest BCUT2D eigenvalue weighted by atomic mass is 9.86. The number of aryl methyl sites for hydroxylation is 3. The maximum absolute atomic E-state index is 13.4. The van der Waals surface area contributed by atoms with Crippen LogP contribution >= 0.6 is 11.8 Å². The number of carbonyl (C=O) groups is 2. The monoisotopic (exact) mass is 551 g/mol. The molecule has 1 aliphatic heterocycles. The molecule has 1 aromatic carbocycles. The minimum absolute atomic E-state index is 0.118. The van der Waals surface area contributed by atoms with Gasteiger partial charge < -0.3 is 14.2 Å². The van der Waals surface area contributed by atoms with Crippen molar-refractivity contribution in [1.82, 2.24) is 4.98 Å². The van der Waals surface area contributed by atoms with Crippen LogP contribution in [0, 0.1) is 12.8 Å². The predicted octanol–water partition coefficient (Wildman–Crippen LogP) is 7.16. The molecule has 2 atom stereocenters. The van der Waals surface area contributed by atoms with Gasteiger partial charge in [0.25, 0.3) is 0 Å². The zero-order valence-corrected chi connectivity index (χ0v) is 22.9. The molecule has 0 spiro atoms. The van der Waals surface area contributed by atoms with Crippen molar-refractivity contribution in [1.29, 1.82) is 0 Å². The van der Waals surface area contributed by atoms with Crippen LogP contribution in [0.5, 0.6) is 0 Å². The quantitative estimate of drug-likeness (QED) is 0.242. The van der Waals surface area contributed by atoms with E-state index in [1.165, 1.54) is 17.8 Å². The first kappa shape index (κ1) is 29.5. The van der Waals surface area contributed by atoms with Gasteiger partial charge in [-0.3, -0.25) is 0 Å². The van der Waals surface area contributed by atoms with Crippen molar-refractivity contribution in [2.24, 2.45) is 5.92 Å². The van der Waals surface area contributed by atoms with E-state index in [0.717, 1.165) is 34.5 Å². The van der Waals surface area contributed by atoms with E-state index in [0.29, 0.717) is 23.6 Å². The fraction of sp³-hybridized carbons (Fsp3) is 0.464. The topological polar surface area (TPSA) is 74.7 Å². The molecule has 0 aliphatic carbocycles. The van der Waals surface area contributed by atoms with Crippen LogP contribution in [0.3, 0.4) is 0 Å². The van der Waals surface area contributed by atoms with Gasteiger partial charge in [-0.1, -0.05) is 38.5 Å². The molecule has 2 aromatic rings. The van der Waals surface area contributed by atoms with Crippen LogP contribution in [0.25, 0.3) is 5.57 Å². The van der Waals surface area contributed by atoms with Gasteiger partial charge in [0.15, 0.2) is 0 Å². The summed E-state index contributed by atoms with van der Waals surface area (Å²) in [6.45, 7) is 9.63. The van der Waals surface area contributed by atoms with Gasteiger partial charge in [0, 0.05) is 24.3 Å². The summed E-state index contributed by atoms with van der Waals surface area (Å²) in [4.78, 5) is 29.7. The minimum atomic E-state index is -4.45. The molecule has 1 aromatic heterocycles. The molecule has 0 amide bonds. The Morgan fingerprint density at radius 1 is 1.18 bits per heavy atom. The van der Waals surface area contributed by atoms with E-state index in [1.807, 2.05) is 39.8 Å². The Labute approximate surface area is 225 Å². The smallest absolute Gasteiger partial charge is 0.458 e. The summed E-state index contributed by atoms with van der Waals surface area (Å²) < 4.78 is 54.9. The first-order valence-electron chi connectivity index (χ1n) is 12.6. The lowest BCUT2D eigenvalue weighted by Crippen LogP contribution is -2.34. The number of halogens is 3. The number of thioether (sulfide) groups is 1. The van der Waals surface area contributed by atoms with Crippen LogP contribution in [0.1, 0.15) is 61.9 Å². The summed E-state index contributed by atoms with van der Waals surface area (Å²) in [7, 11) is 0. The number of nitrogens with zero attached hydrogens (tertiary/aromatic N) is 1. The van der Waals surface area contributed by atoms with Crippen molar-refractivity contribution in [3.63, 3.8) is 0 Å². The van der Waals surface area contributed by atoms with E-state index >= 15 is 0 Å². The second-order valence-corrected chi connectivity index (χ2v) is 10.1. The predicted molar refractivity (Wildman–Crippen MR) is 139 cm³/mol. The van der Waals surface area contributed by atoms with Gasteiger partial charge in [0.05, 0.1) is 17.2 Å². The Kier molecular flexibility index (Phi) is 9.87. The number of ether oxygens (including phenoxy) is 3. The van der Waals surface area contributed by atoms with Crippen molar-refractivity contribution in [3.05, 3.63) is 64.0 Å². The number of pyridine rings is 1. The van der Waals surface area contributed by atoms with Crippen molar-refractivity contribution in [2.45, 2.75) is 71.2 Å². The Hall–Kier alpha value is -3.01. The highest BCUT2D eigenvalue weighted by Gasteiger charge is 2.37. The summed E-state index contributed by atoms with van der Waals surface area (Å²) in [5.41, 5.74) is 3.11. The van der Waals surface area contributed by atoms with Gasteiger partial charge in [-0.25, -0.2) is 14.6 Å². The number of cyclic esters (lactones) is 1.